The van der Waals surface area contributed by atoms with Crippen LogP contribution in [0.15, 0.2) is 60.8 Å². The number of benzene rings is 2. The van der Waals surface area contributed by atoms with E-state index in [4.69, 9.17) is 0 Å². The van der Waals surface area contributed by atoms with Gasteiger partial charge in [0.1, 0.15) is 11.6 Å². The maximum absolute atomic E-state index is 13.9. The van der Waals surface area contributed by atoms with Gasteiger partial charge in [0.15, 0.2) is 0 Å². The highest BCUT2D eigenvalue weighted by Gasteiger charge is 2.25. The number of aromatic nitrogens is 2. The van der Waals surface area contributed by atoms with E-state index in [1.807, 2.05) is 24.4 Å². The fourth-order valence-corrected chi connectivity index (χ4v) is 3.92. The first-order chi connectivity index (χ1) is 14.1. The van der Waals surface area contributed by atoms with E-state index in [0.717, 1.165) is 36.5 Å². The molecule has 3 aromatic rings. The van der Waals surface area contributed by atoms with E-state index in [9.17, 15) is 9.18 Å². The molecular weight excluding hydrogens is 367 g/mol. The fraction of sp³-hybridized carbons (Fsp3) is 0.304. The second-order valence-corrected chi connectivity index (χ2v) is 7.56. The number of nitrogens with one attached hydrogen (secondary N) is 1. The Morgan fingerprint density at radius 3 is 2.72 bits per heavy atom. The summed E-state index contributed by atoms with van der Waals surface area (Å²) in [5, 5.41) is 2.70. The molecule has 1 atom stereocenters. The number of hydrogen-bond acceptors (Lipinski definition) is 2. The van der Waals surface area contributed by atoms with Crippen molar-refractivity contribution in [2.24, 2.45) is 5.92 Å². The summed E-state index contributed by atoms with van der Waals surface area (Å²) in [5.41, 5.74) is 2.42. The summed E-state index contributed by atoms with van der Waals surface area (Å²) in [6.45, 7) is 4.20. The maximum Gasteiger partial charge on any atom is 0.321 e. The number of amides is 2. The Bertz CT molecular complexity index is 986. The summed E-state index contributed by atoms with van der Waals surface area (Å²) in [6, 6.07) is 16.2. The first-order valence-corrected chi connectivity index (χ1v) is 10.00. The molecule has 1 N–H and O–H groups in total. The van der Waals surface area contributed by atoms with Crippen LogP contribution in [0.2, 0.25) is 0 Å². The summed E-state index contributed by atoms with van der Waals surface area (Å²) < 4.78 is 16.1. The number of imidazole rings is 1. The number of piperidine rings is 1. The molecule has 1 fully saturated rings. The summed E-state index contributed by atoms with van der Waals surface area (Å²) in [6.07, 6.45) is 3.88. The van der Waals surface area contributed by atoms with Crippen LogP contribution < -0.4 is 5.32 Å². The molecule has 1 aromatic heterocycles. The van der Waals surface area contributed by atoms with Crippen molar-refractivity contribution >= 4 is 11.7 Å². The molecule has 6 heteroatoms. The SMILES string of the molecule is Cc1cnc(-c2ccccc2)n1CC1CCCN(C(=O)Nc2ccccc2F)C1. The van der Waals surface area contributed by atoms with Crippen LogP contribution in [-0.2, 0) is 6.54 Å². The minimum absolute atomic E-state index is 0.219. The monoisotopic (exact) mass is 392 g/mol. The van der Waals surface area contributed by atoms with E-state index >= 15 is 0 Å². The molecule has 0 radical (unpaired) electrons. The molecule has 150 valence electrons. The van der Waals surface area contributed by atoms with Gasteiger partial charge in [-0.3, -0.25) is 0 Å². The number of rotatable bonds is 4. The number of para-hydroxylation sites is 1. The predicted molar refractivity (Wildman–Crippen MR) is 112 cm³/mol. The number of nitrogens with zero attached hydrogens (tertiary/aromatic N) is 3. The molecule has 2 aromatic carbocycles. The van der Waals surface area contributed by atoms with E-state index in [1.54, 1.807) is 23.1 Å². The van der Waals surface area contributed by atoms with Gasteiger partial charge < -0.3 is 14.8 Å². The largest absolute Gasteiger partial charge is 0.328 e. The van der Waals surface area contributed by atoms with Gasteiger partial charge >= 0.3 is 6.03 Å². The van der Waals surface area contributed by atoms with Crippen molar-refractivity contribution in [3.05, 3.63) is 72.3 Å². The van der Waals surface area contributed by atoms with Crippen molar-refractivity contribution in [2.45, 2.75) is 26.3 Å². The van der Waals surface area contributed by atoms with Crippen molar-refractivity contribution in [1.29, 1.82) is 0 Å². The summed E-state index contributed by atoms with van der Waals surface area (Å²) >= 11 is 0. The molecule has 0 bridgehead atoms. The van der Waals surface area contributed by atoms with E-state index in [1.165, 1.54) is 6.07 Å². The predicted octanol–water partition coefficient (Wildman–Crippen LogP) is 4.94. The maximum atomic E-state index is 13.9. The molecule has 29 heavy (non-hydrogen) atoms. The van der Waals surface area contributed by atoms with Crippen LogP contribution in [0.3, 0.4) is 0 Å². The molecule has 1 aliphatic rings. The van der Waals surface area contributed by atoms with Crippen LogP contribution in [-0.4, -0.2) is 33.6 Å². The lowest BCUT2D eigenvalue weighted by Crippen LogP contribution is -2.43. The minimum atomic E-state index is -0.420. The average Bonchev–Trinajstić information content (AvgIpc) is 3.11. The zero-order valence-corrected chi connectivity index (χ0v) is 16.5. The van der Waals surface area contributed by atoms with Gasteiger partial charge in [-0.1, -0.05) is 42.5 Å². The van der Waals surface area contributed by atoms with Gasteiger partial charge in [-0.25, -0.2) is 14.2 Å². The van der Waals surface area contributed by atoms with Crippen LogP contribution in [0, 0.1) is 18.7 Å². The third-order valence-corrected chi connectivity index (χ3v) is 5.45. The molecule has 2 amide bonds. The van der Waals surface area contributed by atoms with Gasteiger partial charge in [0, 0.05) is 37.1 Å². The lowest BCUT2D eigenvalue weighted by Gasteiger charge is -2.33. The van der Waals surface area contributed by atoms with Gasteiger partial charge in [-0.15, -0.1) is 0 Å². The third kappa shape index (κ3) is 4.31. The summed E-state index contributed by atoms with van der Waals surface area (Å²) in [7, 11) is 0. The van der Waals surface area contributed by atoms with Crippen LogP contribution in [0.25, 0.3) is 11.4 Å². The second-order valence-electron chi connectivity index (χ2n) is 7.56. The van der Waals surface area contributed by atoms with Crippen molar-refractivity contribution in [1.82, 2.24) is 14.5 Å². The summed E-state index contributed by atoms with van der Waals surface area (Å²) in [4.78, 5) is 19.0. The topological polar surface area (TPSA) is 50.2 Å². The Hall–Kier alpha value is -3.15. The van der Waals surface area contributed by atoms with Crippen LogP contribution in [0.1, 0.15) is 18.5 Å². The first-order valence-electron chi connectivity index (χ1n) is 10.00. The Morgan fingerprint density at radius 2 is 1.93 bits per heavy atom. The molecule has 1 unspecified atom stereocenters. The van der Waals surface area contributed by atoms with Crippen molar-refractivity contribution in [3.8, 4) is 11.4 Å². The van der Waals surface area contributed by atoms with Gasteiger partial charge in [-0.2, -0.15) is 0 Å². The number of carbonyl (C=O) groups is 1. The van der Waals surface area contributed by atoms with Crippen LogP contribution in [0.4, 0.5) is 14.9 Å². The number of halogens is 1. The number of carbonyl (C=O) groups excluding carboxylic acids is 1. The van der Waals surface area contributed by atoms with E-state index in [0.29, 0.717) is 19.0 Å². The normalized spacial score (nSPS) is 16.6. The lowest BCUT2D eigenvalue weighted by molar-refractivity contribution is 0.170. The van der Waals surface area contributed by atoms with Gasteiger partial charge in [0.05, 0.1) is 5.69 Å². The highest BCUT2D eigenvalue weighted by Crippen LogP contribution is 2.25. The molecule has 0 saturated carbocycles. The average molecular weight is 392 g/mol. The number of urea groups is 1. The zero-order valence-electron chi connectivity index (χ0n) is 16.5. The molecule has 1 aliphatic heterocycles. The van der Waals surface area contributed by atoms with E-state index < -0.39 is 5.82 Å². The van der Waals surface area contributed by atoms with Gasteiger partial charge in [-0.05, 0) is 37.8 Å². The van der Waals surface area contributed by atoms with Crippen molar-refractivity contribution in [3.63, 3.8) is 0 Å². The third-order valence-electron chi connectivity index (χ3n) is 5.45. The molecule has 2 heterocycles. The number of hydrogen-bond donors (Lipinski definition) is 1. The molecule has 4 rings (SSSR count). The van der Waals surface area contributed by atoms with Crippen LogP contribution >= 0.6 is 0 Å². The zero-order chi connectivity index (χ0) is 20.2. The number of aryl methyl sites for hydroxylation is 1. The molecular formula is C23H25FN4O. The molecule has 5 nitrogen and oxygen atoms in total. The Morgan fingerprint density at radius 1 is 1.17 bits per heavy atom. The molecule has 1 saturated heterocycles. The first kappa shape index (κ1) is 19.2. The van der Waals surface area contributed by atoms with Gasteiger partial charge in [0.2, 0.25) is 0 Å². The number of anilines is 1. The smallest absolute Gasteiger partial charge is 0.321 e. The van der Waals surface area contributed by atoms with Crippen molar-refractivity contribution < 1.29 is 9.18 Å². The van der Waals surface area contributed by atoms with E-state index in [2.05, 4.69) is 33.9 Å². The second kappa shape index (κ2) is 8.47. The Balaban J connectivity index is 1.45. The van der Waals surface area contributed by atoms with Crippen LogP contribution in [0.5, 0.6) is 0 Å². The highest BCUT2D eigenvalue weighted by molar-refractivity contribution is 5.89. The lowest BCUT2D eigenvalue weighted by atomic mass is 9.98. The fourth-order valence-electron chi connectivity index (χ4n) is 3.92. The molecule has 0 aliphatic carbocycles. The van der Waals surface area contributed by atoms with Crippen molar-refractivity contribution in [2.75, 3.05) is 18.4 Å². The highest BCUT2D eigenvalue weighted by atomic mass is 19.1. The van der Waals surface area contributed by atoms with E-state index in [-0.39, 0.29) is 11.7 Å². The minimum Gasteiger partial charge on any atom is -0.328 e. The number of likely N-dealkylation sites (tertiary alicyclic amines) is 1. The Kier molecular flexibility index (Phi) is 5.60. The Labute approximate surface area is 170 Å². The molecule has 0 spiro atoms. The summed E-state index contributed by atoms with van der Waals surface area (Å²) in [5.74, 6) is 0.859. The standard InChI is InChI=1S/C23H25FN4O/c1-17-14-25-22(19-9-3-2-4-10-19)28(17)16-18-8-7-13-27(15-18)23(29)26-21-12-6-5-11-20(21)24/h2-6,9-12,14,18H,7-8,13,15-16H2,1H3,(H,26,29). The quantitative estimate of drug-likeness (QED) is 0.684. The van der Waals surface area contributed by atoms with Gasteiger partial charge in [0.25, 0.3) is 0 Å².